The smallest absolute Gasteiger partial charge is 0.208 e. The molecule has 3 heterocycles. The number of aliphatic hydroxyl groups is 1. The normalized spacial score (nSPS) is 25.8. The number of pyridine rings is 1. The first-order chi connectivity index (χ1) is 17.7. The van der Waals surface area contributed by atoms with Crippen molar-refractivity contribution in [1.29, 1.82) is 0 Å². The molecule has 7 nitrogen and oxygen atoms in total. The van der Waals surface area contributed by atoms with Crippen LogP contribution in [0.15, 0.2) is 24.4 Å². The third kappa shape index (κ3) is 4.77. The van der Waals surface area contributed by atoms with Crippen molar-refractivity contribution >= 4 is 28.5 Å². The standard InChI is InChI=1S/C27H32F3N5O2/c1-26(36)4-2-17(3-5-26)32-23-12-22-21(15-31-23)33-25(34-24-19(29)10-16(28)11-20(24)30)35(22)18-13-27(14-18)6-8-37-9-7-27/h10-12,15,17-18,36H,2-9,13-14H2,1H3,(H,31,32)(H,33,34). The Kier molecular flexibility index (Phi) is 6.06. The Labute approximate surface area is 213 Å². The number of fused-ring (bicyclic) bond motifs is 1. The summed E-state index contributed by atoms with van der Waals surface area (Å²) < 4.78 is 50.1. The summed E-state index contributed by atoms with van der Waals surface area (Å²) in [4.78, 5) is 9.17. The summed E-state index contributed by atoms with van der Waals surface area (Å²) in [6, 6.07) is 3.55. The predicted octanol–water partition coefficient (Wildman–Crippen LogP) is 5.83. The van der Waals surface area contributed by atoms with Crippen molar-refractivity contribution in [2.24, 2.45) is 5.41 Å². The predicted molar refractivity (Wildman–Crippen MR) is 134 cm³/mol. The lowest BCUT2D eigenvalue weighted by molar-refractivity contribution is -0.0528. The van der Waals surface area contributed by atoms with Gasteiger partial charge in [-0.3, -0.25) is 0 Å². The zero-order chi connectivity index (χ0) is 25.8. The minimum Gasteiger partial charge on any atom is -0.390 e. The van der Waals surface area contributed by atoms with Crippen LogP contribution in [0.25, 0.3) is 11.0 Å². The highest BCUT2D eigenvalue weighted by atomic mass is 19.1. The molecule has 0 amide bonds. The Morgan fingerprint density at radius 1 is 1.03 bits per heavy atom. The molecule has 3 aromatic rings. The number of nitrogens with zero attached hydrogens (tertiary/aromatic N) is 3. The second-order valence-electron chi connectivity index (χ2n) is 11.3. The lowest BCUT2D eigenvalue weighted by Crippen LogP contribution is -2.42. The summed E-state index contributed by atoms with van der Waals surface area (Å²) in [7, 11) is 0. The average Bonchev–Trinajstić information content (AvgIpc) is 3.18. The van der Waals surface area contributed by atoms with Gasteiger partial charge in [0.2, 0.25) is 5.95 Å². The van der Waals surface area contributed by atoms with Crippen molar-refractivity contribution in [2.75, 3.05) is 23.8 Å². The van der Waals surface area contributed by atoms with Crippen LogP contribution in [0.4, 0.5) is 30.6 Å². The van der Waals surface area contributed by atoms with E-state index >= 15 is 0 Å². The van der Waals surface area contributed by atoms with Crippen molar-refractivity contribution in [1.82, 2.24) is 14.5 Å². The molecule has 0 bridgehead atoms. The van der Waals surface area contributed by atoms with Gasteiger partial charge < -0.3 is 25.0 Å². The van der Waals surface area contributed by atoms with Gasteiger partial charge in [0.05, 0.1) is 17.3 Å². The lowest BCUT2D eigenvalue weighted by Gasteiger charge is -2.50. The lowest BCUT2D eigenvalue weighted by atomic mass is 9.61. The Hall–Kier alpha value is -2.85. The number of hydrogen-bond acceptors (Lipinski definition) is 6. The van der Waals surface area contributed by atoms with E-state index in [0.29, 0.717) is 29.4 Å². The molecule has 3 aliphatic rings. The fourth-order valence-corrected chi connectivity index (χ4v) is 6.24. The van der Waals surface area contributed by atoms with E-state index in [1.165, 1.54) is 0 Å². The van der Waals surface area contributed by atoms with Crippen molar-refractivity contribution in [3.05, 3.63) is 41.8 Å². The number of rotatable bonds is 5. The van der Waals surface area contributed by atoms with E-state index in [-0.39, 0.29) is 17.5 Å². The minimum absolute atomic E-state index is 0.0946. The molecule has 6 rings (SSSR count). The van der Waals surface area contributed by atoms with Crippen LogP contribution in [0.2, 0.25) is 0 Å². The van der Waals surface area contributed by atoms with Gasteiger partial charge in [-0.25, -0.2) is 23.1 Å². The van der Waals surface area contributed by atoms with E-state index in [1.807, 2.05) is 17.6 Å². The molecule has 2 saturated carbocycles. The highest BCUT2D eigenvalue weighted by Crippen LogP contribution is 2.56. The van der Waals surface area contributed by atoms with Gasteiger partial charge >= 0.3 is 0 Å². The first kappa shape index (κ1) is 24.5. The van der Waals surface area contributed by atoms with Gasteiger partial charge in [0.25, 0.3) is 0 Å². The van der Waals surface area contributed by atoms with E-state index in [9.17, 15) is 18.3 Å². The zero-order valence-corrected chi connectivity index (χ0v) is 20.9. The maximum absolute atomic E-state index is 14.5. The maximum atomic E-state index is 14.5. The zero-order valence-electron chi connectivity index (χ0n) is 20.9. The molecule has 37 heavy (non-hydrogen) atoms. The monoisotopic (exact) mass is 515 g/mol. The summed E-state index contributed by atoms with van der Waals surface area (Å²) in [5, 5.41) is 16.6. The molecule has 1 aromatic carbocycles. The summed E-state index contributed by atoms with van der Waals surface area (Å²) in [5.74, 6) is -2.00. The number of nitrogens with one attached hydrogen (secondary N) is 2. The molecule has 10 heteroatoms. The molecular weight excluding hydrogens is 483 g/mol. The quantitative estimate of drug-likeness (QED) is 0.397. The molecule has 2 aromatic heterocycles. The fourth-order valence-electron chi connectivity index (χ4n) is 6.24. The summed E-state index contributed by atoms with van der Waals surface area (Å²) >= 11 is 0. The van der Waals surface area contributed by atoms with Gasteiger partial charge in [-0.2, -0.15) is 0 Å². The third-order valence-electron chi connectivity index (χ3n) is 8.49. The molecule has 0 unspecified atom stereocenters. The van der Waals surface area contributed by atoms with Crippen LogP contribution in [0, 0.1) is 22.9 Å². The van der Waals surface area contributed by atoms with Crippen LogP contribution < -0.4 is 10.6 Å². The van der Waals surface area contributed by atoms with Crippen LogP contribution in [-0.4, -0.2) is 44.5 Å². The minimum atomic E-state index is -1.01. The van der Waals surface area contributed by atoms with Crippen LogP contribution in [-0.2, 0) is 4.74 Å². The summed E-state index contributed by atoms with van der Waals surface area (Å²) in [6.45, 7) is 3.37. The van der Waals surface area contributed by atoms with Crippen molar-refractivity contribution in [3.63, 3.8) is 0 Å². The molecule has 2 aliphatic carbocycles. The summed E-state index contributed by atoms with van der Waals surface area (Å²) in [6.07, 6.45) is 8.65. The molecule has 198 valence electrons. The Morgan fingerprint density at radius 3 is 2.38 bits per heavy atom. The number of halogens is 3. The number of hydrogen-bond donors (Lipinski definition) is 3. The van der Waals surface area contributed by atoms with Gasteiger partial charge in [0.15, 0.2) is 11.6 Å². The largest absolute Gasteiger partial charge is 0.390 e. The molecular formula is C27H32F3N5O2. The van der Waals surface area contributed by atoms with Gasteiger partial charge in [0.1, 0.15) is 22.8 Å². The number of benzene rings is 1. The van der Waals surface area contributed by atoms with Gasteiger partial charge in [0, 0.05) is 43.5 Å². The van der Waals surface area contributed by atoms with Gasteiger partial charge in [-0.15, -0.1) is 0 Å². The second-order valence-corrected chi connectivity index (χ2v) is 11.3. The van der Waals surface area contributed by atoms with Crippen molar-refractivity contribution in [2.45, 2.75) is 76.0 Å². The molecule has 0 atom stereocenters. The Bertz CT molecular complexity index is 1280. The van der Waals surface area contributed by atoms with Gasteiger partial charge in [-0.05, 0) is 63.7 Å². The average molecular weight is 516 g/mol. The highest BCUT2D eigenvalue weighted by molar-refractivity contribution is 5.81. The Balaban J connectivity index is 1.33. The number of imidazole rings is 1. The second kappa shape index (κ2) is 9.16. The van der Waals surface area contributed by atoms with Crippen molar-refractivity contribution < 1.29 is 23.0 Å². The van der Waals surface area contributed by atoms with E-state index in [1.54, 1.807) is 6.20 Å². The van der Waals surface area contributed by atoms with Crippen LogP contribution in [0.1, 0.15) is 64.3 Å². The SMILES string of the molecule is CC1(O)CCC(Nc2cc3c(cn2)nc(Nc2c(F)cc(F)cc2F)n3C2CC3(CCOCC3)C2)CC1. The first-order valence-electron chi connectivity index (χ1n) is 13.1. The van der Waals surface area contributed by atoms with Crippen LogP contribution >= 0.6 is 0 Å². The third-order valence-corrected chi connectivity index (χ3v) is 8.49. The van der Waals surface area contributed by atoms with Crippen LogP contribution in [0.3, 0.4) is 0 Å². The number of aromatic nitrogens is 3. The van der Waals surface area contributed by atoms with Gasteiger partial charge in [-0.1, -0.05) is 0 Å². The molecule has 3 fully saturated rings. The maximum Gasteiger partial charge on any atom is 0.208 e. The van der Waals surface area contributed by atoms with E-state index < -0.39 is 28.7 Å². The van der Waals surface area contributed by atoms with E-state index in [4.69, 9.17) is 4.74 Å². The molecule has 1 spiro atoms. The highest BCUT2D eigenvalue weighted by Gasteiger charge is 2.46. The molecule has 0 radical (unpaired) electrons. The first-order valence-corrected chi connectivity index (χ1v) is 13.1. The van der Waals surface area contributed by atoms with Crippen molar-refractivity contribution in [3.8, 4) is 0 Å². The molecule has 1 saturated heterocycles. The van der Waals surface area contributed by atoms with Crippen LogP contribution in [0.5, 0.6) is 0 Å². The molecule has 3 N–H and O–H groups in total. The van der Waals surface area contributed by atoms with E-state index in [0.717, 1.165) is 70.1 Å². The topological polar surface area (TPSA) is 84.2 Å². The number of ether oxygens (including phenoxy) is 1. The number of anilines is 3. The molecule has 1 aliphatic heterocycles. The van der Waals surface area contributed by atoms with E-state index in [2.05, 4.69) is 20.6 Å². The fraction of sp³-hybridized carbons (Fsp3) is 0.556. The summed E-state index contributed by atoms with van der Waals surface area (Å²) in [5.41, 5.74) is 0.590. The Morgan fingerprint density at radius 2 is 1.70 bits per heavy atom.